The fourth-order valence-corrected chi connectivity index (χ4v) is 3.64. The van der Waals surface area contributed by atoms with Crippen molar-refractivity contribution in [3.63, 3.8) is 0 Å². The first-order valence-electron chi connectivity index (χ1n) is 8.24. The van der Waals surface area contributed by atoms with Gasteiger partial charge in [-0.05, 0) is 48.9 Å². The van der Waals surface area contributed by atoms with Crippen LogP contribution in [0, 0.1) is 18.6 Å². The lowest BCUT2D eigenvalue weighted by atomic mass is 10.0. The first-order chi connectivity index (χ1) is 13.4. The van der Waals surface area contributed by atoms with Crippen molar-refractivity contribution in [3.8, 4) is 11.4 Å². The maximum atomic E-state index is 14.0. The number of fused-ring (bicyclic) bond motifs is 1. The molecule has 2 aromatic heterocycles. The molecule has 5 nitrogen and oxygen atoms in total. The molecule has 0 unspecified atom stereocenters. The highest BCUT2D eigenvalue weighted by atomic mass is 32.2. The molecule has 0 fully saturated rings. The minimum Gasteiger partial charge on any atom is -0.478 e. The molecule has 0 bridgehead atoms. The molecule has 8 heteroatoms. The van der Waals surface area contributed by atoms with Gasteiger partial charge in [0.2, 0.25) is 0 Å². The van der Waals surface area contributed by atoms with Gasteiger partial charge in [0.05, 0.1) is 5.56 Å². The topological polar surface area (TPSA) is 67.5 Å². The van der Waals surface area contributed by atoms with Crippen LogP contribution in [0.1, 0.15) is 15.9 Å². The van der Waals surface area contributed by atoms with Crippen molar-refractivity contribution >= 4 is 23.4 Å². The highest BCUT2D eigenvalue weighted by Gasteiger charge is 2.15. The Morgan fingerprint density at radius 3 is 2.64 bits per heavy atom. The van der Waals surface area contributed by atoms with Crippen LogP contribution < -0.4 is 0 Å². The zero-order valence-corrected chi connectivity index (χ0v) is 15.4. The Hall–Kier alpha value is -3.26. The molecule has 0 saturated carbocycles. The number of halogens is 2. The Labute approximate surface area is 162 Å². The van der Waals surface area contributed by atoms with Gasteiger partial charge in [0.25, 0.3) is 0 Å². The second-order valence-electron chi connectivity index (χ2n) is 6.13. The molecule has 2 aromatic carbocycles. The molecule has 0 spiro atoms. The zero-order valence-electron chi connectivity index (χ0n) is 14.6. The molecule has 0 radical (unpaired) electrons. The fraction of sp³-hybridized carbons (Fsp3) is 0.0500. The van der Waals surface area contributed by atoms with Crippen molar-refractivity contribution < 1.29 is 18.7 Å². The van der Waals surface area contributed by atoms with Gasteiger partial charge < -0.3 is 5.11 Å². The van der Waals surface area contributed by atoms with Crippen molar-refractivity contribution in [2.75, 3.05) is 0 Å². The predicted octanol–water partition coefficient (Wildman–Crippen LogP) is 4.83. The molecule has 0 amide bonds. The smallest absolute Gasteiger partial charge is 0.335 e. The summed E-state index contributed by atoms with van der Waals surface area (Å²) in [5.41, 5.74) is 2.21. The third-order valence-electron chi connectivity index (χ3n) is 4.22. The molecule has 0 saturated heterocycles. The summed E-state index contributed by atoms with van der Waals surface area (Å²) in [5.74, 6) is -1.82. The number of nitrogens with zero attached hydrogens (tertiary/aromatic N) is 3. The molecule has 2 heterocycles. The molecule has 4 rings (SSSR count). The summed E-state index contributed by atoms with van der Waals surface area (Å²) in [7, 11) is 0. The van der Waals surface area contributed by atoms with E-state index in [1.807, 2.05) is 6.92 Å². The normalized spacial score (nSPS) is 11.1. The van der Waals surface area contributed by atoms with Crippen LogP contribution in [0.15, 0.2) is 64.5 Å². The summed E-state index contributed by atoms with van der Waals surface area (Å²) in [4.78, 5) is 12.3. The second-order valence-corrected chi connectivity index (χ2v) is 7.24. The van der Waals surface area contributed by atoms with E-state index in [4.69, 9.17) is 0 Å². The van der Waals surface area contributed by atoms with Gasteiger partial charge in [-0.1, -0.05) is 17.8 Å². The van der Waals surface area contributed by atoms with E-state index < -0.39 is 17.6 Å². The van der Waals surface area contributed by atoms with E-state index in [0.717, 1.165) is 23.4 Å². The Morgan fingerprint density at radius 2 is 1.89 bits per heavy atom. The SMILES string of the molecule is Cc1ccc(C(=O)O)cc1-c1nnc2ccc(Sc3ccc(F)cc3F)cn12. The second kappa shape index (κ2) is 7.05. The standard InChI is InChI=1S/C20H13F2N3O2S/c1-11-2-3-12(20(26)27)8-15(11)19-24-23-18-7-5-14(10-25(18)19)28-17-6-4-13(21)9-16(17)22/h2-10H,1H3,(H,26,27). The molecule has 0 aliphatic carbocycles. The number of hydrogen-bond donors (Lipinski definition) is 1. The Balaban J connectivity index is 1.79. The Bertz CT molecular complexity index is 1220. The monoisotopic (exact) mass is 397 g/mol. The number of carboxylic acids is 1. The number of benzene rings is 2. The average Bonchev–Trinajstić information content (AvgIpc) is 3.07. The summed E-state index contributed by atoms with van der Waals surface area (Å²) >= 11 is 1.15. The average molecular weight is 397 g/mol. The third-order valence-corrected chi connectivity index (χ3v) is 5.25. The largest absolute Gasteiger partial charge is 0.478 e. The molecule has 1 N–H and O–H groups in total. The number of aromatic nitrogens is 3. The lowest BCUT2D eigenvalue weighted by Crippen LogP contribution is -1.99. The van der Waals surface area contributed by atoms with Crippen molar-refractivity contribution in [1.82, 2.24) is 14.6 Å². The van der Waals surface area contributed by atoms with Gasteiger partial charge in [-0.2, -0.15) is 0 Å². The molecule has 0 aliphatic rings. The summed E-state index contributed by atoms with van der Waals surface area (Å²) in [6, 6.07) is 11.7. The van der Waals surface area contributed by atoms with E-state index in [0.29, 0.717) is 26.8 Å². The molecular formula is C20H13F2N3O2S. The highest BCUT2D eigenvalue weighted by Crippen LogP contribution is 2.31. The number of carboxylic acid groups (broad SMARTS) is 1. The molecule has 0 atom stereocenters. The van der Waals surface area contributed by atoms with Crippen LogP contribution in [0.3, 0.4) is 0 Å². The van der Waals surface area contributed by atoms with Crippen LogP contribution in [0.4, 0.5) is 8.78 Å². The quantitative estimate of drug-likeness (QED) is 0.534. The van der Waals surface area contributed by atoms with Crippen LogP contribution in [0.2, 0.25) is 0 Å². The number of aromatic carboxylic acids is 1. The summed E-state index contributed by atoms with van der Waals surface area (Å²) in [5, 5.41) is 17.6. The molecular weight excluding hydrogens is 384 g/mol. The Kier molecular flexibility index (Phi) is 4.56. The summed E-state index contributed by atoms with van der Waals surface area (Å²) in [6.07, 6.45) is 1.74. The van der Waals surface area contributed by atoms with Gasteiger partial charge in [-0.25, -0.2) is 13.6 Å². The predicted molar refractivity (Wildman–Crippen MR) is 101 cm³/mol. The van der Waals surface area contributed by atoms with Crippen LogP contribution >= 0.6 is 11.8 Å². The number of rotatable bonds is 4. The summed E-state index contributed by atoms with van der Waals surface area (Å²) in [6.45, 7) is 1.86. The number of pyridine rings is 1. The van der Waals surface area contributed by atoms with Crippen molar-refractivity contribution in [2.45, 2.75) is 16.7 Å². The Morgan fingerprint density at radius 1 is 1.07 bits per heavy atom. The molecule has 28 heavy (non-hydrogen) atoms. The van der Waals surface area contributed by atoms with Crippen LogP contribution in [0.5, 0.6) is 0 Å². The van der Waals surface area contributed by atoms with Gasteiger partial charge in [-0.15, -0.1) is 10.2 Å². The number of aryl methyl sites for hydroxylation is 1. The van der Waals surface area contributed by atoms with Crippen molar-refractivity contribution in [3.05, 3.63) is 77.5 Å². The van der Waals surface area contributed by atoms with Gasteiger partial charge in [0.1, 0.15) is 11.6 Å². The van der Waals surface area contributed by atoms with Gasteiger partial charge in [0, 0.05) is 27.6 Å². The lowest BCUT2D eigenvalue weighted by Gasteiger charge is -2.08. The maximum absolute atomic E-state index is 14.0. The van der Waals surface area contributed by atoms with Crippen LogP contribution in [-0.4, -0.2) is 25.7 Å². The van der Waals surface area contributed by atoms with E-state index in [1.54, 1.807) is 34.9 Å². The van der Waals surface area contributed by atoms with Gasteiger partial charge in [-0.3, -0.25) is 4.40 Å². The lowest BCUT2D eigenvalue weighted by molar-refractivity contribution is 0.0697. The maximum Gasteiger partial charge on any atom is 0.335 e. The summed E-state index contributed by atoms with van der Waals surface area (Å²) < 4.78 is 28.8. The van der Waals surface area contributed by atoms with Crippen molar-refractivity contribution in [2.24, 2.45) is 0 Å². The van der Waals surface area contributed by atoms with E-state index in [2.05, 4.69) is 10.2 Å². The van der Waals surface area contributed by atoms with E-state index >= 15 is 0 Å². The van der Waals surface area contributed by atoms with Crippen LogP contribution in [0.25, 0.3) is 17.0 Å². The molecule has 140 valence electrons. The number of hydrogen-bond acceptors (Lipinski definition) is 4. The highest BCUT2D eigenvalue weighted by molar-refractivity contribution is 7.99. The number of carbonyl (C=O) groups is 1. The first-order valence-corrected chi connectivity index (χ1v) is 9.06. The van der Waals surface area contributed by atoms with Gasteiger partial charge >= 0.3 is 5.97 Å². The van der Waals surface area contributed by atoms with E-state index in [-0.39, 0.29) is 5.56 Å². The third kappa shape index (κ3) is 3.34. The fourth-order valence-electron chi connectivity index (χ4n) is 2.80. The van der Waals surface area contributed by atoms with Crippen molar-refractivity contribution in [1.29, 1.82) is 0 Å². The zero-order chi connectivity index (χ0) is 19.8. The molecule has 4 aromatic rings. The first kappa shape index (κ1) is 18.1. The minimum absolute atomic E-state index is 0.149. The van der Waals surface area contributed by atoms with Crippen LogP contribution in [-0.2, 0) is 0 Å². The minimum atomic E-state index is -1.03. The molecule has 0 aliphatic heterocycles. The van der Waals surface area contributed by atoms with Gasteiger partial charge in [0.15, 0.2) is 11.5 Å². The van der Waals surface area contributed by atoms with E-state index in [1.165, 1.54) is 18.2 Å². The van der Waals surface area contributed by atoms with E-state index in [9.17, 15) is 18.7 Å².